The number of primary amides is 1. The van der Waals surface area contributed by atoms with Crippen LogP contribution in [0, 0.1) is 0 Å². The SMILES string of the molecule is NC(=O)CCC1OC1CO. The molecule has 0 bridgehead atoms. The minimum atomic E-state index is -0.313. The summed E-state index contributed by atoms with van der Waals surface area (Å²) in [6, 6.07) is 0. The lowest BCUT2D eigenvalue weighted by atomic mass is 10.2. The van der Waals surface area contributed by atoms with E-state index in [2.05, 4.69) is 0 Å². The summed E-state index contributed by atoms with van der Waals surface area (Å²) in [5.41, 5.74) is 4.90. The van der Waals surface area contributed by atoms with Crippen LogP contribution < -0.4 is 5.73 Å². The normalized spacial score (nSPS) is 30.1. The highest BCUT2D eigenvalue weighted by Gasteiger charge is 2.37. The Morgan fingerprint density at radius 1 is 1.60 bits per heavy atom. The van der Waals surface area contributed by atoms with E-state index in [0.29, 0.717) is 12.8 Å². The number of epoxide rings is 1. The molecule has 0 radical (unpaired) electrons. The van der Waals surface area contributed by atoms with Gasteiger partial charge in [-0.2, -0.15) is 0 Å². The van der Waals surface area contributed by atoms with Gasteiger partial charge >= 0.3 is 0 Å². The molecule has 0 aromatic rings. The maximum Gasteiger partial charge on any atom is 0.217 e. The second-order valence-electron chi connectivity index (χ2n) is 2.40. The van der Waals surface area contributed by atoms with E-state index in [0.717, 1.165) is 0 Å². The van der Waals surface area contributed by atoms with Gasteiger partial charge in [0.1, 0.15) is 6.10 Å². The van der Waals surface area contributed by atoms with Gasteiger partial charge < -0.3 is 15.6 Å². The smallest absolute Gasteiger partial charge is 0.217 e. The highest BCUT2D eigenvalue weighted by atomic mass is 16.6. The molecule has 4 nitrogen and oxygen atoms in total. The molecule has 2 atom stereocenters. The lowest BCUT2D eigenvalue weighted by Crippen LogP contribution is -2.11. The Morgan fingerprint density at radius 3 is 2.70 bits per heavy atom. The van der Waals surface area contributed by atoms with Gasteiger partial charge in [0.15, 0.2) is 0 Å². The van der Waals surface area contributed by atoms with Crippen molar-refractivity contribution in [2.75, 3.05) is 6.61 Å². The number of aliphatic hydroxyl groups is 1. The summed E-state index contributed by atoms with van der Waals surface area (Å²) in [5, 5.41) is 8.50. The molecule has 1 fully saturated rings. The molecule has 0 aromatic heterocycles. The summed E-state index contributed by atoms with van der Waals surface area (Å²) in [5.74, 6) is -0.313. The van der Waals surface area contributed by atoms with Crippen LogP contribution in [0.2, 0.25) is 0 Å². The number of rotatable bonds is 4. The molecule has 4 heteroatoms. The Labute approximate surface area is 59.0 Å². The van der Waals surface area contributed by atoms with Crippen LogP contribution in [-0.4, -0.2) is 29.8 Å². The van der Waals surface area contributed by atoms with E-state index in [1.54, 1.807) is 0 Å². The van der Waals surface area contributed by atoms with Crippen LogP contribution in [0.3, 0.4) is 0 Å². The fraction of sp³-hybridized carbons (Fsp3) is 0.833. The van der Waals surface area contributed by atoms with Gasteiger partial charge in [-0.3, -0.25) is 4.79 Å². The molecule has 1 aliphatic rings. The minimum absolute atomic E-state index is 0.0423. The molecule has 1 saturated heterocycles. The third kappa shape index (κ3) is 1.97. The Hall–Kier alpha value is -0.610. The standard InChI is InChI=1S/C6H11NO3/c7-6(9)2-1-4-5(3-8)10-4/h4-5,8H,1-3H2,(H2,7,9). The fourth-order valence-electron chi connectivity index (χ4n) is 0.878. The van der Waals surface area contributed by atoms with E-state index in [4.69, 9.17) is 15.6 Å². The van der Waals surface area contributed by atoms with Gasteiger partial charge in [-0.15, -0.1) is 0 Å². The van der Waals surface area contributed by atoms with Crippen LogP contribution in [-0.2, 0) is 9.53 Å². The molecule has 2 unspecified atom stereocenters. The average molecular weight is 145 g/mol. The van der Waals surface area contributed by atoms with Crippen LogP contribution in [0.5, 0.6) is 0 Å². The van der Waals surface area contributed by atoms with Gasteiger partial charge in [0.25, 0.3) is 0 Å². The summed E-state index contributed by atoms with van der Waals surface area (Å²) in [4.78, 5) is 10.2. The van der Waals surface area contributed by atoms with Crippen molar-refractivity contribution in [2.45, 2.75) is 25.0 Å². The summed E-state index contributed by atoms with van der Waals surface area (Å²) >= 11 is 0. The van der Waals surface area contributed by atoms with Crippen LogP contribution in [0.25, 0.3) is 0 Å². The molecule has 1 heterocycles. The lowest BCUT2D eigenvalue weighted by molar-refractivity contribution is -0.118. The zero-order valence-electron chi connectivity index (χ0n) is 5.62. The second-order valence-corrected chi connectivity index (χ2v) is 2.40. The van der Waals surface area contributed by atoms with Crippen molar-refractivity contribution in [1.82, 2.24) is 0 Å². The van der Waals surface area contributed by atoms with Crippen molar-refractivity contribution in [3.8, 4) is 0 Å². The Bertz CT molecular complexity index is 137. The molecule has 0 aromatic carbocycles. The highest BCUT2D eigenvalue weighted by Crippen LogP contribution is 2.25. The molecule has 58 valence electrons. The Balaban J connectivity index is 2.01. The van der Waals surface area contributed by atoms with Crippen molar-refractivity contribution in [3.05, 3.63) is 0 Å². The molecule has 1 rings (SSSR count). The number of hydrogen-bond donors (Lipinski definition) is 2. The molecule has 1 amide bonds. The topological polar surface area (TPSA) is 75.9 Å². The first kappa shape index (κ1) is 7.50. The first-order valence-electron chi connectivity index (χ1n) is 3.28. The molecule has 0 aliphatic carbocycles. The molecular weight excluding hydrogens is 134 g/mol. The summed E-state index contributed by atoms with van der Waals surface area (Å²) < 4.78 is 4.96. The van der Waals surface area contributed by atoms with Crippen molar-refractivity contribution in [2.24, 2.45) is 5.73 Å². The van der Waals surface area contributed by atoms with E-state index >= 15 is 0 Å². The largest absolute Gasteiger partial charge is 0.394 e. The third-order valence-electron chi connectivity index (χ3n) is 1.54. The van der Waals surface area contributed by atoms with E-state index in [9.17, 15) is 4.79 Å². The van der Waals surface area contributed by atoms with Gasteiger partial charge in [-0.05, 0) is 6.42 Å². The first-order chi connectivity index (χ1) is 4.74. The second kappa shape index (κ2) is 2.98. The van der Waals surface area contributed by atoms with E-state index in [1.165, 1.54) is 0 Å². The summed E-state index contributed by atoms with van der Waals surface area (Å²) in [6.07, 6.45) is 1.01. The van der Waals surface area contributed by atoms with Crippen molar-refractivity contribution in [1.29, 1.82) is 0 Å². The summed E-state index contributed by atoms with van der Waals surface area (Å²) in [7, 11) is 0. The number of carbonyl (C=O) groups excluding carboxylic acids is 1. The molecule has 3 N–H and O–H groups in total. The number of amides is 1. The fourth-order valence-corrected chi connectivity index (χ4v) is 0.878. The van der Waals surface area contributed by atoms with E-state index < -0.39 is 0 Å². The van der Waals surface area contributed by atoms with Crippen LogP contribution in [0.15, 0.2) is 0 Å². The first-order valence-corrected chi connectivity index (χ1v) is 3.28. The highest BCUT2D eigenvalue weighted by molar-refractivity contribution is 5.73. The monoisotopic (exact) mass is 145 g/mol. The number of nitrogens with two attached hydrogens (primary N) is 1. The number of ether oxygens (including phenoxy) is 1. The van der Waals surface area contributed by atoms with Gasteiger partial charge in [-0.25, -0.2) is 0 Å². The maximum atomic E-state index is 10.2. The molecule has 0 saturated carbocycles. The van der Waals surface area contributed by atoms with Crippen molar-refractivity contribution >= 4 is 5.91 Å². The van der Waals surface area contributed by atoms with Crippen molar-refractivity contribution < 1.29 is 14.6 Å². The average Bonchev–Trinajstić information content (AvgIpc) is 2.61. The van der Waals surface area contributed by atoms with Gasteiger partial charge in [0.2, 0.25) is 5.91 Å². The molecule has 1 aliphatic heterocycles. The predicted octanol–water partition coefficient (Wildman–Crippen LogP) is -0.988. The van der Waals surface area contributed by atoms with Crippen molar-refractivity contribution in [3.63, 3.8) is 0 Å². The molecular formula is C6H11NO3. The van der Waals surface area contributed by atoms with Gasteiger partial charge in [-0.1, -0.05) is 0 Å². The molecule has 10 heavy (non-hydrogen) atoms. The van der Waals surface area contributed by atoms with E-state index in [-0.39, 0.29) is 24.7 Å². The van der Waals surface area contributed by atoms with Gasteiger partial charge in [0, 0.05) is 6.42 Å². The number of aliphatic hydroxyl groups excluding tert-OH is 1. The lowest BCUT2D eigenvalue weighted by Gasteiger charge is -1.89. The number of hydrogen-bond acceptors (Lipinski definition) is 3. The van der Waals surface area contributed by atoms with Gasteiger partial charge in [0.05, 0.1) is 12.7 Å². The zero-order chi connectivity index (χ0) is 7.56. The third-order valence-corrected chi connectivity index (χ3v) is 1.54. The number of carbonyl (C=O) groups is 1. The minimum Gasteiger partial charge on any atom is -0.394 e. The quantitative estimate of drug-likeness (QED) is 0.499. The maximum absolute atomic E-state index is 10.2. The zero-order valence-corrected chi connectivity index (χ0v) is 5.62. The predicted molar refractivity (Wildman–Crippen MR) is 34.2 cm³/mol. The van der Waals surface area contributed by atoms with Crippen LogP contribution >= 0.6 is 0 Å². The van der Waals surface area contributed by atoms with E-state index in [1.807, 2.05) is 0 Å². The molecule has 0 spiro atoms. The van der Waals surface area contributed by atoms with Crippen LogP contribution in [0.1, 0.15) is 12.8 Å². The summed E-state index contributed by atoms with van der Waals surface area (Å²) in [6.45, 7) is 0.0451. The van der Waals surface area contributed by atoms with Crippen LogP contribution in [0.4, 0.5) is 0 Å². The Kier molecular flexibility index (Phi) is 2.24. The Morgan fingerprint density at radius 2 is 2.30 bits per heavy atom.